The second kappa shape index (κ2) is 5.35. The van der Waals surface area contributed by atoms with Gasteiger partial charge in [-0.05, 0) is 0 Å². The van der Waals surface area contributed by atoms with Crippen LogP contribution >= 0.6 is 11.3 Å². The van der Waals surface area contributed by atoms with E-state index in [1.54, 1.807) is 0 Å². The van der Waals surface area contributed by atoms with E-state index >= 15 is 0 Å². The first-order valence-electron chi connectivity index (χ1n) is 3.71. The average Bonchev–Trinajstić information content (AvgIpc) is 2.59. The summed E-state index contributed by atoms with van der Waals surface area (Å²) in [6.07, 6.45) is -1.23. The number of oxime groups is 1. The Morgan fingerprint density at radius 3 is 3.00 bits per heavy atom. The molecule has 1 aromatic heterocycles. The molecule has 0 aromatic carbocycles. The minimum atomic E-state index is -2.65. The molecule has 0 aliphatic carbocycles. The number of hydrogen-bond acceptors (Lipinski definition) is 6. The Hall–Kier alpha value is -1.57. The minimum Gasteiger partial charge on any atom is -0.389 e. The highest BCUT2D eigenvalue weighted by Crippen LogP contribution is 2.11. The van der Waals surface area contributed by atoms with Crippen LogP contribution in [-0.2, 0) is 9.63 Å². The molecular weight excluding hydrogens is 228 g/mol. The van der Waals surface area contributed by atoms with Gasteiger partial charge in [-0.25, -0.2) is 13.8 Å². The van der Waals surface area contributed by atoms with E-state index in [1.807, 2.05) is 0 Å². The van der Waals surface area contributed by atoms with Crippen LogP contribution in [0.3, 0.4) is 0 Å². The fourth-order valence-corrected chi connectivity index (χ4v) is 1.22. The van der Waals surface area contributed by atoms with Gasteiger partial charge in [0, 0.05) is 5.38 Å². The summed E-state index contributed by atoms with van der Waals surface area (Å²) in [5.74, 6) is 0. The third-order valence-corrected chi connectivity index (χ3v) is 1.89. The number of nitrogen functional groups attached to an aromatic ring is 1. The molecule has 0 aliphatic rings. The van der Waals surface area contributed by atoms with Crippen LogP contribution in [0.25, 0.3) is 0 Å². The molecule has 1 aromatic rings. The van der Waals surface area contributed by atoms with Crippen LogP contribution in [0.15, 0.2) is 10.5 Å². The highest BCUT2D eigenvalue weighted by atomic mass is 32.1. The second-order valence-corrected chi connectivity index (χ2v) is 3.19. The van der Waals surface area contributed by atoms with E-state index in [-0.39, 0.29) is 16.5 Å². The van der Waals surface area contributed by atoms with E-state index < -0.39 is 13.0 Å². The van der Waals surface area contributed by atoms with Crippen molar-refractivity contribution in [1.29, 1.82) is 0 Å². The zero-order chi connectivity index (χ0) is 11.3. The molecule has 2 N–H and O–H groups in total. The van der Waals surface area contributed by atoms with Crippen LogP contribution in [0, 0.1) is 0 Å². The number of nitrogens with two attached hydrogens (primary N) is 1. The summed E-state index contributed by atoms with van der Waals surface area (Å²) < 4.78 is 23.3. The molecule has 1 rings (SSSR count). The van der Waals surface area contributed by atoms with Crippen molar-refractivity contribution in [2.45, 2.75) is 6.43 Å². The van der Waals surface area contributed by atoms with Crippen LogP contribution in [0.1, 0.15) is 5.69 Å². The van der Waals surface area contributed by atoms with Crippen LogP contribution in [0.5, 0.6) is 0 Å². The summed E-state index contributed by atoms with van der Waals surface area (Å²) in [7, 11) is 0. The monoisotopic (exact) mass is 234 g/mol. The Morgan fingerprint density at radius 1 is 1.80 bits per heavy atom. The highest BCUT2D eigenvalue weighted by Gasteiger charge is 2.09. The van der Waals surface area contributed by atoms with Gasteiger partial charge < -0.3 is 10.6 Å². The number of carbonyl (C=O) groups excluding carboxylic acids is 1. The third kappa shape index (κ3) is 3.58. The van der Waals surface area contributed by atoms with Gasteiger partial charge in [0.25, 0.3) is 12.7 Å². The topological polar surface area (TPSA) is 77.6 Å². The van der Waals surface area contributed by atoms with E-state index in [0.29, 0.717) is 0 Å². The lowest BCUT2D eigenvalue weighted by atomic mass is 10.3. The molecule has 0 saturated heterocycles. The Labute approximate surface area is 87.5 Å². The van der Waals surface area contributed by atoms with Crippen LogP contribution in [0.2, 0.25) is 0 Å². The van der Waals surface area contributed by atoms with Crippen molar-refractivity contribution < 1.29 is 18.4 Å². The molecule has 0 fully saturated rings. The molecule has 0 unspecified atom stereocenters. The van der Waals surface area contributed by atoms with Crippen molar-refractivity contribution in [2.75, 3.05) is 12.3 Å². The van der Waals surface area contributed by atoms with Crippen LogP contribution in [0.4, 0.5) is 13.9 Å². The quantitative estimate of drug-likeness (QED) is 0.604. The number of rotatable bonds is 5. The number of thiazole rings is 1. The largest absolute Gasteiger partial charge is 0.389 e. The minimum absolute atomic E-state index is 0.154. The van der Waals surface area contributed by atoms with Crippen molar-refractivity contribution in [2.24, 2.45) is 5.16 Å². The Kier molecular flexibility index (Phi) is 4.10. The maximum Gasteiger partial charge on any atom is 0.274 e. The van der Waals surface area contributed by atoms with E-state index in [0.717, 1.165) is 11.3 Å². The first-order valence-corrected chi connectivity index (χ1v) is 4.59. The normalized spacial score (nSPS) is 11.8. The molecule has 5 nitrogen and oxygen atoms in total. The van der Waals surface area contributed by atoms with Crippen molar-refractivity contribution >= 4 is 28.5 Å². The van der Waals surface area contributed by atoms with E-state index in [4.69, 9.17) is 5.73 Å². The Bertz CT molecular complexity index is 367. The number of anilines is 1. The summed E-state index contributed by atoms with van der Waals surface area (Å²) in [6, 6.07) is 0. The zero-order valence-corrected chi connectivity index (χ0v) is 8.13. The third-order valence-electron chi connectivity index (χ3n) is 1.22. The summed E-state index contributed by atoms with van der Waals surface area (Å²) >= 11 is 1.09. The van der Waals surface area contributed by atoms with E-state index in [2.05, 4.69) is 15.0 Å². The van der Waals surface area contributed by atoms with Crippen molar-refractivity contribution in [1.82, 2.24) is 4.98 Å². The van der Waals surface area contributed by atoms with Crippen molar-refractivity contribution in [3.63, 3.8) is 0 Å². The molecule has 81 valence electrons. The number of alkyl halides is 2. The van der Waals surface area contributed by atoms with Gasteiger partial charge in [-0.15, -0.1) is 11.3 Å². The smallest absolute Gasteiger partial charge is 0.274 e. The fourth-order valence-electron chi connectivity index (χ4n) is 0.672. The van der Waals surface area contributed by atoms with Gasteiger partial charge in [0.15, 0.2) is 17.5 Å². The molecule has 0 amide bonds. The summed E-state index contributed by atoms with van der Waals surface area (Å²) in [6.45, 7) is -0.884. The summed E-state index contributed by atoms with van der Waals surface area (Å²) in [4.78, 5) is 18.3. The van der Waals surface area contributed by atoms with Gasteiger partial charge >= 0.3 is 0 Å². The Balaban J connectivity index is 2.67. The maximum absolute atomic E-state index is 11.7. The molecule has 0 saturated carbocycles. The predicted molar refractivity (Wildman–Crippen MR) is 50.7 cm³/mol. The second-order valence-electron chi connectivity index (χ2n) is 2.30. The van der Waals surface area contributed by atoms with E-state index in [9.17, 15) is 13.6 Å². The van der Waals surface area contributed by atoms with Crippen LogP contribution < -0.4 is 5.73 Å². The van der Waals surface area contributed by atoms with Gasteiger partial charge in [-0.2, -0.15) is 0 Å². The lowest BCUT2D eigenvalue weighted by molar-refractivity contribution is 0.0205. The molecule has 15 heavy (non-hydrogen) atoms. The number of aromatic nitrogens is 1. The first-order chi connectivity index (χ1) is 7.13. The average molecular weight is 234 g/mol. The fraction of sp³-hybridized carbons (Fsp3) is 0.286. The molecule has 8 heteroatoms. The molecule has 0 spiro atoms. The molecule has 1 heterocycles. The molecule has 0 atom stereocenters. The number of hydrogen-bond donors (Lipinski definition) is 1. The zero-order valence-electron chi connectivity index (χ0n) is 7.31. The predicted octanol–water partition coefficient (Wildman–Crippen LogP) is 0.821. The maximum atomic E-state index is 11.7. The van der Waals surface area contributed by atoms with Gasteiger partial charge in [0.05, 0.1) is 0 Å². The summed E-state index contributed by atoms with van der Waals surface area (Å²) in [5.41, 5.74) is 5.18. The molecule has 0 bridgehead atoms. The first kappa shape index (κ1) is 11.5. The van der Waals surface area contributed by atoms with Gasteiger partial charge in [0.1, 0.15) is 5.69 Å². The SMILES string of the molecule is Nc1nc(/C([C]=O)=N/OCC(F)F)cs1. The molecular formula is C7H6F2N3O2S. The lowest BCUT2D eigenvalue weighted by Gasteiger charge is -1.97. The molecule has 1 radical (unpaired) electrons. The van der Waals surface area contributed by atoms with E-state index in [1.165, 1.54) is 11.7 Å². The van der Waals surface area contributed by atoms with Gasteiger partial charge in [-0.1, -0.05) is 5.16 Å². The number of halogens is 2. The van der Waals surface area contributed by atoms with Crippen molar-refractivity contribution in [3.8, 4) is 0 Å². The standard InChI is InChI=1S/C7H6F2N3O2S/c8-6(9)2-14-12-4(1-13)5-3-15-7(10)11-5/h3,6H,2H2,(H2,10,11)/b12-4+. The van der Waals surface area contributed by atoms with Crippen LogP contribution in [-0.4, -0.2) is 30.0 Å². The number of nitrogens with zero attached hydrogens (tertiary/aromatic N) is 2. The van der Waals surface area contributed by atoms with Crippen molar-refractivity contribution in [3.05, 3.63) is 11.1 Å². The van der Waals surface area contributed by atoms with Gasteiger partial charge in [0.2, 0.25) is 0 Å². The van der Waals surface area contributed by atoms with Gasteiger partial charge in [-0.3, -0.25) is 4.79 Å². The lowest BCUT2D eigenvalue weighted by Crippen LogP contribution is -2.07. The highest BCUT2D eigenvalue weighted by molar-refractivity contribution is 7.13. The Morgan fingerprint density at radius 2 is 2.53 bits per heavy atom. The molecule has 0 aliphatic heterocycles. The summed E-state index contributed by atoms with van der Waals surface area (Å²) in [5, 5.41) is 4.85.